The fourth-order valence-electron chi connectivity index (χ4n) is 5.75. The molecule has 226 valence electrons. The van der Waals surface area contributed by atoms with Gasteiger partial charge in [0, 0.05) is 61.8 Å². The van der Waals surface area contributed by atoms with E-state index in [0.29, 0.717) is 43.0 Å². The summed E-state index contributed by atoms with van der Waals surface area (Å²) in [5, 5.41) is 6.22. The van der Waals surface area contributed by atoms with Crippen LogP contribution in [-0.2, 0) is 11.2 Å². The minimum atomic E-state index is -0.186. The Bertz CT molecular complexity index is 1410. The minimum Gasteiger partial charge on any atom is -0.497 e. The third kappa shape index (κ3) is 7.90. The highest BCUT2D eigenvalue weighted by atomic mass is 16.5. The zero-order valence-electron chi connectivity index (χ0n) is 24.6. The van der Waals surface area contributed by atoms with E-state index in [2.05, 4.69) is 20.5 Å². The molecule has 2 heterocycles. The SMILES string of the molecule is COc1ccc(CC(=O)Nc2cc(C(=O)NC3CCC(N)CC3)ccc2N2CCCN(C(=O)c3ccncc3)CC2)cc1. The van der Waals surface area contributed by atoms with Gasteiger partial charge in [0.25, 0.3) is 11.8 Å². The molecule has 10 nitrogen and oxygen atoms in total. The van der Waals surface area contributed by atoms with Crippen LogP contribution in [0.4, 0.5) is 11.4 Å². The van der Waals surface area contributed by atoms with Gasteiger partial charge in [-0.25, -0.2) is 0 Å². The largest absolute Gasteiger partial charge is 0.497 e. The lowest BCUT2D eigenvalue weighted by Crippen LogP contribution is -2.40. The average molecular weight is 585 g/mol. The summed E-state index contributed by atoms with van der Waals surface area (Å²) in [6, 6.07) is 16.6. The van der Waals surface area contributed by atoms with E-state index < -0.39 is 0 Å². The summed E-state index contributed by atoms with van der Waals surface area (Å²) < 4.78 is 5.23. The smallest absolute Gasteiger partial charge is 0.254 e. The van der Waals surface area contributed by atoms with Crippen molar-refractivity contribution >= 4 is 29.1 Å². The number of pyridine rings is 1. The predicted octanol–water partition coefficient (Wildman–Crippen LogP) is 3.62. The van der Waals surface area contributed by atoms with Crippen LogP contribution in [0.3, 0.4) is 0 Å². The van der Waals surface area contributed by atoms with E-state index in [1.54, 1.807) is 37.7 Å². The van der Waals surface area contributed by atoms with Gasteiger partial charge in [-0.1, -0.05) is 12.1 Å². The van der Waals surface area contributed by atoms with Crippen molar-refractivity contribution in [1.82, 2.24) is 15.2 Å². The van der Waals surface area contributed by atoms with Crippen LogP contribution in [0.15, 0.2) is 67.0 Å². The first-order valence-electron chi connectivity index (χ1n) is 15.0. The highest BCUT2D eigenvalue weighted by Gasteiger charge is 2.24. The summed E-state index contributed by atoms with van der Waals surface area (Å²) in [5.41, 5.74) is 9.39. The van der Waals surface area contributed by atoms with Gasteiger partial charge in [0.05, 0.1) is 24.9 Å². The van der Waals surface area contributed by atoms with Gasteiger partial charge in [-0.2, -0.15) is 0 Å². The van der Waals surface area contributed by atoms with Crippen LogP contribution in [0.1, 0.15) is 58.4 Å². The quantitative estimate of drug-likeness (QED) is 0.369. The highest BCUT2D eigenvalue weighted by Crippen LogP contribution is 2.29. The van der Waals surface area contributed by atoms with Gasteiger partial charge in [-0.05, 0) is 80.1 Å². The van der Waals surface area contributed by atoms with Gasteiger partial charge < -0.3 is 30.9 Å². The summed E-state index contributed by atoms with van der Waals surface area (Å²) in [6.45, 7) is 2.45. The number of carbonyl (C=O) groups excluding carboxylic acids is 3. The molecule has 0 atom stereocenters. The van der Waals surface area contributed by atoms with Crippen molar-refractivity contribution in [2.45, 2.75) is 50.6 Å². The second kappa shape index (κ2) is 14.2. The molecular formula is C33H40N6O4. The number of benzene rings is 2. The molecule has 3 aromatic rings. The number of ether oxygens (including phenoxy) is 1. The lowest BCUT2D eigenvalue weighted by molar-refractivity contribution is -0.115. The molecule has 1 aliphatic heterocycles. The van der Waals surface area contributed by atoms with Crippen molar-refractivity contribution in [1.29, 1.82) is 0 Å². The number of nitrogens with two attached hydrogens (primary N) is 1. The highest BCUT2D eigenvalue weighted by molar-refractivity contribution is 6.00. The van der Waals surface area contributed by atoms with Crippen LogP contribution in [0.25, 0.3) is 0 Å². The maximum absolute atomic E-state index is 13.2. The van der Waals surface area contributed by atoms with Crippen LogP contribution in [-0.4, -0.2) is 73.0 Å². The molecule has 2 aromatic carbocycles. The Kier molecular flexibility index (Phi) is 9.88. The molecule has 10 heteroatoms. The Morgan fingerprint density at radius 1 is 0.907 bits per heavy atom. The molecule has 1 saturated carbocycles. The summed E-state index contributed by atoms with van der Waals surface area (Å²) in [4.78, 5) is 47.6. The van der Waals surface area contributed by atoms with Crippen molar-refractivity contribution in [3.63, 3.8) is 0 Å². The number of hydrogen-bond acceptors (Lipinski definition) is 7. The van der Waals surface area contributed by atoms with E-state index in [-0.39, 0.29) is 36.2 Å². The Balaban J connectivity index is 1.33. The number of rotatable bonds is 8. The molecule has 0 spiro atoms. The normalized spacial score (nSPS) is 18.8. The Labute approximate surface area is 252 Å². The lowest BCUT2D eigenvalue weighted by atomic mass is 9.91. The molecule has 0 radical (unpaired) electrons. The van der Waals surface area contributed by atoms with Crippen LogP contribution in [0, 0.1) is 0 Å². The van der Waals surface area contributed by atoms with Crippen molar-refractivity contribution < 1.29 is 19.1 Å². The molecule has 2 fully saturated rings. The summed E-state index contributed by atoms with van der Waals surface area (Å²) in [6.07, 6.45) is 7.70. The van der Waals surface area contributed by atoms with Crippen LogP contribution in [0.5, 0.6) is 5.75 Å². The van der Waals surface area contributed by atoms with E-state index in [4.69, 9.17) is 10.5 Å². The first kappa shape index (κ1) is 30.0. The van der Waals surface area contributed by atoms with Gasteiger partial charge in [0.15, 0.2) is 0 Å². The van der Waals surface area contributed by atoms with E-state index in [1.165, 1.54) is 0 Å². The lowest BCUT2D eigenvalue weighted by Gasteiger charge is -2.28. The van der Waals surface area contributed by atoms with Crippen molar-refractivity contribution in [2.24, 2.45) is 5.73 Å². The fourth-order valence-corrected chi connectivity index (χ4v) is 5.75. The van der Waals surface area contributed by atoms with E-state index in [9.17, 15) is 14.4 Å². The van der Waals surface area contributed by atoms with Gasteiger partial charge in [-0.15, -0.1) is 0 Å². The number of nitrogens with one attached hydrogen (secondary N) is 2. The standard InChI is InChI=1S/C33H40N6O4/c1-43-28-10-3-23(4-11-28)21-31(40)37-29-22-25(32(41)36-27-8-6-26(34)7-9-27)5-12-30(29)38-17-2-18-39(20-19-38)33(42)24-13-15-35-16-14-24/h3-5,10-16,22,26-27H,2,6-9,17-21,34H2,1H3,(H,36,41)(H,37,40). The van der Waals surface area contributed by atoms with E-state index in [1.807, 2.05) is 41.3 Å². The molecule has 0 bridgehead atoms. The predicted molar refractivity (Wildman–Crippen MR) is 166 cm³/mol. The third-order valence-electron chi connectivity index (χ3n) is 8.21. The first-order valence-corrected chi connectivity index (χ1v) is 15.0. The monoisotopic (exact) mass is 584 g/mol. The Morgan fingerprint density at radius 2 is 1.65 bits per heavy atom. The number of amides is 3. The molecule has 3 amide bonds. The second-order valence-corrected chi connectivity index (χ2v) is 11.3. The number of carbonyl (C=O) groups is 3. The number of hydrogen-bond donors (Lipinski definition) is 3. The van der Waals surface area contributed by atoms with Crippen LogP contribution < -0.4 is 26.0 Å². The molecule has 0 unspecified atom stereocenters. The zero-order valence-corrected chi connectivity index (χ0v) is 24.6. The molecule has 1 aliphatic carbocycles. The summed E-state index contributed by atoms with van der Waals surface area (Å²) in [7, 11) is 1.60. The fraction of sp³-hybridized carbons (Fsp3) is 0.394. The molecule has 2 aliphatic rings. The second-order valence-electron chi connectivity index (χ2n) is 11.3. The topological polar surface area (TPSA) is 130 Å². The average Bonchev–Trinajstić information content (AvgIpc) is 3.29. The zero-order chi connectivity index (χ0) is 30.2. The Hall–Kier alpha value is -4.44. The maximum atomic E-state index is 13.2. The van der Waals surface area contributed by atoms with E-state index in [0.717, 1.165) is 49.1 Å². The van der Waals surface area contributed by atoms with Gasteiger partial charge in [0.2, 0.25) is 5.91 Å². The molecule has 5 rings (SSSR count). The van der Waals surface area contributed by atoms with E-state index >= 15 is 0 Å². The number of methoxy groups -OCH3 is 1. The first-order chi connectivity index (χ1) is 20.9. The summed E-state index contributed by atoms with van der Waals surface area (Å²) in [5.74, 6) is 0.355. The number of nitrogens with zero attached hydrogens (tertiary/aromatic N) is 3. The van der Waals surface area contributed by atoms with Gasteiger partial charge in [0.1, 0.15) is 5.75 Å². The molecule has 4 N–H and O–H groups in total. The number of aromatic nitrogens is 1. The van der Waals surface area contributed by atoms with Crippen molar-refractivity contribution in [3.8, 4) is 5.75 Å². The molecule has 1 aromatic heterocycles. The molecule has 1 saturated heterocycles. The maximum Gasteiger partial charge on any atom is 0.254 e. The minimum absolute atomic E-state index is 0.0204. The van der Waals surface area contributed by atoms with Crippen LogP contribution >= 0.6 is 0 Å². The third-order valence-corrected chi connectivity index (χ3v) is 8.21. The summed E-state index contributed by atoms with van der Waals surface area (Å²) >= 11 is 0. The van der Waals surface area contributed by atoms with Crippen LogP contribution in [0.2, 0.25) is 0 Å². The van der Waals surface area contributed by atoms with Gasteiger partial charge in [-0.3, -0.25) is 19.4 Å². The Morgan fingerprint density at radius 3 is 2.37 bits per heavy atom. The molecular weight excluding hydrogens is 544 g/mol. The number of anilines is 2. The molecule has 43 heavy (non-hydrogen) atoms. The van der Waals surface area contributed by atoms with Crippen molar-refractivity contribution in [2.75, 3.05) is 43.5 Å². The van der Waals surface area contributed by atoms with Crippen molar-refractivity contribution in [3.05, 3.63) is 83.7 Å². The van der Waals surface area contributed by atoms with Gasteiger partial charge >= 0.3 is 0 Å².